The summed E-state index contributed by atoms with van der Waals surface area (Å²) in [6.45, 7) is 8.60. The Balaban J connectivity index is 2.48. The molecule has 2 atom stereocenters. The van der Waals surface area contributed by atoms with Gasteiger partial charge >= 0.3 is 0 Å². The second-order valence-electron chi connectivity index (χ2n) is 3.43. The Labute approximate surface area is 91.8 Å². The minimum Gasteiger partial charge on any atom is -0.352 e. The van der Waals surface area contributed by atoms with Crippen LogP contribution in [-0.4, -0.2) is 39.0 Å². The fourth-order valence-electron chi connectivity index (χ4n) is 1.80. The highest BCUT2D eigenvalue weighted by Gasteiger charge is 2.36. The van der Waals surface area contributed by atoms with E-state index in [1.807, 2.05) is 20.8 Å². The van der Waals surface area contributed by atoms with E-state index < -0.39 is 0 Å². The zero-order valence-corrected chi connectivity index (χ0v) is 9.90. The average Bonchev–Trinajstić information content (AvgIpc) is 2.66. The highest BCUT2D eigenvalue weighted by Crippen LogP contribution is 2.27. The van der Waals surface area contributed by atoms with Gasteiger partial charge in [0.1, 0.15) is 0 Å². The van der Waals surface area contributed by atoms with Gasteiger partial charge in [-0.25, -0.2) is 0 Å². The molecule has 0 N–H and O–H groups in total. The Hall–Kier alpha value is -0.160. The Morgan fingerprint density at radius 3 is 2.33 bits per heavy atom. The zero-order chi connectivity index (χ0) is 11.1. The van der Waals surface area contributed by atoms with Crippen molar-refractivity contribution < 1.29 is 18.9 Å². The van der Waals surface area contributed by atoms with Gasteiger partial charge in [0.05, 0.1) is 12.5 Å². The van der Waals surface area contributed by atoms with Crippen LogP contribution in [0, 0.1) is 5.92 Å². The third kappa shape index (κ3) is 3.72. The highest BCUT2D eigenvalue weighted by atomic mass is 16.7. The number of ether oxygens (including phenoxy) is 4. The Bertz CT molecular complexity index is 157. The van der Waals surface area contributed by atoms with Gasteiger partial charge in [-0.1, -0.05) is 0 Å². The van der Waals surface area contributed by atoms with Crippen LogP contribution in [0.1, 0.15) is 27.2 Å². The van der Waals surface area contributed by atoms with E-state index in [2.05, 4.69) is 0 Å². The van der Waals surface area contributed by atoms with Crippen molar-refractivity contribution in [2.45, 2.75) is 39.8 Å². The predicted molar refractivity (Wildman–Crippen MR) is 56.5 cm³/mol. The second kappa shape index (κ2) is 7.17. The largest absolute Gasteiger partial charge is 0.352 e. The minimum atomic E-state index is -0.195. The molecule has 90 valence electrons. The normalized spacial score (nSPS) is 26.4. The maximum absolute atomic E-state index is 5.56. The summed E-state index contributed by atoms with van der Waals surface area (Å²) in [4.78, 5) is 0. The van der Waals surface area contributed by atoms with E-state index >= 15 is 0 Å². The molecule has 0 saturated carbocycles. The molecule has 0 aromatic heterocycles. The van der Waals surface area contributed by atoms with Crippen LogP contribution in [0.5, 0.6) is 0 Å². The van der Waals surface area contributed by atoms with Crippen molar-refractivity contribution in [3.63, 3.8) is 0 Å². The van der Waals surface area contributed by atoms with E-state index in [1.54, 1.807) is 0 Å². The van der Waals surface area contributed by atoms with Gasteiger partial charge in [-0.15, -0.1) is 0 Å². The molecule has 1 saturated heterocycles. The molecule has 1 aliphatic heterocycles. The van der Waals surface area contributed by atoms with Gasteiger partial charge in [-0.3, -0.25) is 0 Å². The second-order valence-corrected chi connectivity index (χ2v) is 3.43. The Morgan fingerprint density at radius 1 is 1.13 bits per heavy atom. The molecule has 0 aromatic rings. The first kappa shape index (κ1) is 12.9. The third-order valence-electron chi connectivity index (χ3n) is 2.43. The van der Waals surface area contributed by atoms with Crippen LogP contribution in [0.3, 0.4) is 0 Å². The highest BCUT2D eigenvalue weighted by molar-refractivity contribution is 4.73. The molecule has 1 fully saturated rings. The molecule has 4 nitrogen and oxygen atoms in total. The van der Waals surface area contributed by atoms with E-state index in [9.17, 15) is 0 Å². The maximum atomic E-state index is 5.56. The molecule has 1 heterocycles. The standard InChI is InChI=1S/C11H22O4/c1-4-12-10(13-5-2)9-7-8-15-11(9)14-6-3/h9-11H,4-8H2,1-3H3/t9-,11+/m1/s1. The first-order valence-corrected chi connectivity index (χ1v) is 5.79. The van der Waals surface area contributed by atoms with Gasteiger partial charge in [0, 0.05) is 19.8 Å². The summed E-state index contributed by atoms with van der Waals surface area (Å²) in [6.07, 6.45) is 0.576. The van der Waals surface area contributed by atoms with E-state index in [1.165, 1.54) is 0 Å². The molecule has 1 aliphatic rings. The lowest BCUT2D eigenvalue weighted by Crippen LogP contribution is -2.34. The van der Waals surface area contributed by atoms with E-state index in [0.717, 1.165) is 13.0 Å². The van der Waals surface area contributed by atoms with Crippen LogP contribution in [0.15, 0.2) is 0 Å². The Kier molecular flexibility index (Phi) is 6.17. The summed E-state index contributed by atoms with van der Waals surface area (Å²) in [5, 5.41) is 0. The Morgan fingerprint density at radius 2 is 1.80 bits per heavy atom. The molecule has 0 amide bonds. The van der Waals surface area contributed by atoms with Crippen LogP contribution in [0.25, 0.3) is 0 Å². The number of hydrogen-bond acceptors (Lipinski definition) is 4. The van der Waals surface area contributed by atoms with Crippen molar-refractivity contribution in [1.82, 2.24) is 0 Å². The maximum Gasteiger partial charge on any atom is 0.165 e. The van der Waals surface area contributed by atoms with E-state index in [-0.39, 0.29) is 18.5 Å². The van der Waals surface area contributed by atoms with Crippen molar-refractivity contribution in [3.05, 3.63) is 0 Å². The summed E-state index contributed by atoms with van der Waals surface area (Å²) >= 11 is 0. The van der Waals surface area contributed by atoms with Crippen LogP contribution < -0.4 is 0 Å². The summed E-state index contributed by atoms with van der Waals surface area (Å²) in [6, 6.07) is 0. The fraction of sp³-hybridized carbons (Fsp3) is 1.00. The van der Waals surface area contributed by atoms with Crippen molar-refractivity contribution in [1.29, 1.82) is 0 Å². The van der Waals surface area contributed by atoms with Crippen molar-refractivity contribution in [2.24, 2.45) is 5.92 Å². The first-order valence-electron chi connectivity index (χ1n) is 5.79. The first-order chi connectivity index (χ1) is 7.33. The molecule has 0 unspecified atom stereocenters. The molecule has 0 spiro atoms. The molecule has 0 radical (unpaired) electrons. The summed E-state index contributed by atoms with van der Waals surface area (Å²) in [7, 11) is 0. The van der Waals surface area contributed by atoms with Crippen LogP contribution in [-0.2, 0) is 18.9 Å². The van der Waals surface area contributed by atoms with Crippen molar-refractivity contribution in [2.75, 3.05) is 26.4 Å². The van der Waals surface area contributed by atoms with Gasteiger partial charge in [-0.2, -0.15) is 0 Å². The van der Waals surface area contributed by atoms with E-state index in [0.29, 0.717) is 19.8 Å². The summed E-state index contributed by atoms with van der Waals surface area (Å²) in [5.74, 6) is 0.199. The minimum absolute atomic E-state index is 0.168. The third-order valence-corrected chi connectivity index (χ3v) is 2.43. The molecule has 4 heteroatoms. The quantitative estimate of drug-likeness (QED) is 0.610. The smallest absolute Gasteiger partial charge is 0.165 e. The fourth-order valence-corrected chi connectivity index (χ4v) is 1.80. The summed E-state index contributed by atoms with van der Waals surface area (Å²) in [5.41, 5.74) is 0. The molecule has 0 aliphatic carbocycles. The lowest BCUT2D eigenvalue weighted by atomic mass is 10.1. The number of hydrogen-bond donors (Lipinski definition) is 0. The topological polar surface area (TPSA) is 36.9 Å². The van der Waals surface area contributed by atoms with Gasteiger partial charge < -0.3 is 18.9 Å². The van der Waals surface area contributed by atoms with Crippen LogP contribution in [0.2, 0.25) is 0 Å². The molecular formula is C11H22O4. The molecule has 1 rings (SSSR count). The number of rotatable bonds is 7. The molecule has 0 aromatic carbocycles. The predicted octanol–water partition coefficient (Wildman–Crippen LogP) is 1.78. The lowest BCUT2D eigenvalue weighted by molar-refractivity contribution is -0.218. The molecule has 15 heavy (non-hydrogen) atoms. The van der Waals surface area contributed by atoms with Gasteiger partial charge in [0.2, 0.25) is 0 Å². The summed E-state index contributed by atoms with van der Waals surface area (Å²) < 4.78 is 22.1. The SMILES string of the molecule is CCOC(OCC)[C@H]1CCO[C@@H]1OCC. The van der Waals surface area contributed by atoms with E-state index in [4.69, 9.17) is 18.9 Å². The molecular weight excluding hydrogens is 196 g/mol. The van der Waals surface area contributed by atoms with Crippen molar-refractivity contribution in [3.8, 4) is 0 Å². The van der Waals surface area contributed by atoms with Gasteiger partial charge in [0.25, 0.3) is 0 Å². The van der Waals surface area contributed by atoms with Crippen molar-refractivity contribution >= 4 is 0 Å². The monoisotopic (exact) mass is 218 g/mol. The van der Waals surface area contributed by atoms with Gasteiger partial charge in [0.15, 0.2) is 12.6 Å². The lowest BCUT2D eigenvalue weighted by Gasteiger charge is -2.26. The van der Waals surface area contributed by atoms with Crippen LogP contribution >= 0.6 is 0 Å². The zero-order valence-electron chi connectivity index (χ0n) is 9.90. The van der Waals surface area contributed by atoms with Gasteiger partial charge in [-0.05, 0) is 27.2 Å². The average molecular weight is 218 g/mol. The van der Waals surface area contributed by atoms with Crippen LogP contribution in [0.4, 0.5) is 0 Å². The molecule has 0 bridgehead atoms.